The third-order valence-electron chi connectivity index (χ3n) is 4.99. The van der Waals surface area contributed by atoms with Gasteiger partial charge in [0.25, 0.3) is 0 Å². The van der Waals surface area contributed by atoms with Crippen molar-refractivity contribution in [3.05, 3.63) is 35.9 Å². The molecule has 0 spiro atoms. The zero-order chi connectivity index (χ0) is 15.0. The van der Waals surface area contributed by atoms with Crippen molar-refractivity contribution in [1.82, 2.24) is 0 Å². The first-order chi connectivity index (χ1) is 10.3. The molecule has 0 bridgehead atoms. The molecule has 2 heteroatoms. The van der Waals surface area contributed by atoms with Crippen LogP contribution in [0.2, 0.25) is 0 Å². The molecule has 2 nitrogen and oxygen atoms in total. The first-order valence-corrected chi connectivity index (χ1v) is 8.50. The summed E-state index contributed by atoms with van der Waals surface area (Å²) in [6, 6.07) is 10.3. The van der Waals surface area contributed by atoms with Gasteiger partial charge in [-0.25, -0.2) is 0 Å². The Bertz CT molecular complexity index is 380. The molecule has 1 fully saturated rings. The van der Waals surface area contributed by atoms with Gasteiger partial charge >= 0.3 is 0 Å². The van der Waals surface area contributed by atoms with Gasteiger partial charge in [0.15, 0.2) is 0 Å². The zero-order valence-electron chi connectivity index (χ0n) is 13.4. The molecule has 1 aromatic rings. The van der Waals surface area contributed by atoms with Gasteiger partial charge in [-0.1, -0.05) is 56.5 Å². The van der Waals surface area contributed by atoms with Gasteiger partial charge in [0.05, 0.1) is 19.8 Å². The van der Waals surface area contributed by atoms with Gasteiger partial charge < -0.3 is 9.84 Å². The van der Waals surface area contributed by atoms with Crippen molar-refractivity contribution in [2.75, 3.05) is 13.2 Å². The van der Waals surface area contributed by atoms with E-state index < -0.39 is 0 Å². The molecular weight excluding hydrogens is 260 g/mol. The van der Waals surface area contributed by atoms with Crippen molar-refractivity contribution in [3.63, 3.8) is 0 Å². The number of unbranched alkanes of at least 4 members (excludes halogenated alkanes) is 1. The molecule has 0 amide bonds. The van der Waals surface area contributed by atoms with Crippen LogP contribution >= 0.6 is 0 Å². The minimum absolute atomic E-state index is 0.0114. The van der Waals surface area contributed by atoms with E-state index in [1.165, 1.54) is 37.7 Å². The van der Waals surface area contributed by atoms with E-state index >= 15 is 0 Å². The Morgan fingerprint density at radius 3 is 2.52 bits per heavy atom. The predicted octanol–water partition coefficient (Wildman–Crippen LogP) is 4.56. The van der Waals surface area contributed by atoms with E-state index in [0.29, 0.717) is 13.2 Å². The number of ether oxygens (including phenoxy) is 1. The van der Waals surface area contributed by atoms with Crippen molar-refractivity contribution in [2.24, 2.45) is 11.3 Å². The fourth-order valence-electron chi connectivity index (χ4n) is 3.38. The maximum Gasteiger partial charge on any atom is 0.0717 e. The summed E-state index contributed by atoms with van der Waals surface area (Å²) in [6.45, 7) is 3.88. The lowest BCUT2D eigenvalue weighted by Crippen LogP contribution is -2.35. The topological polar surface area (TPSA) is 29.5 Å². The Morgan fingerprint density at radius 2 is 1.90 bits per heavy atom. The Labute approximate surface area is 129 Å². The molecule has 0 aromatic heterocycles. The second-order valence-electron chi connectivity index (χ2n) is 6.72. The van der Waals surface area contributed by atoms with Gasteiger partial charge in [0, 0.05) is 5.41 Å². The number of aliphatic hydroxyl groups is 1. The molecule has 1 N–H and O–H groups in total. The molecule has 1 aromatic carbocycles. The molecule has 0 atom stereocenters. The molecular formula is C19H30O2. The van der Waals surface area contributed by atoms with Crippen molar-refractivity contribution in [3.8, 4) is 0 Å². The minimum Gasteiger partial charge on any atom is -0.396 e. The lowest BCUT2D eigenvalue weighted by molar-refractivity contribution is -0.0314. The van der Waals surface area contributed by atoms with E-state index in [1.54, 1.807) is 0 Å². The van der Waals surface area contributed by atoms with E-state index in [1.807, 2.05) is 18.2 Å². The molecule has 0 unspecified atom stereocenters. The summed E-state index contributed by atoms with van der Waals surface area (Å²) in [5.41, 5.74) is 1.22. The maximum atomic E-state index is 9.82. The molecule has 21 heavy (non-hydrogen) atoms. The van der Waals surface area contributed by atoms with Gasteiger partial charge in [0.1, 0.15) is 0 Å². The average Bonchev–Trinajstić information content (AvgIpc) is 2.55. The van der Waals surface area contributed by atoms with Crippen LogP contribution in [-0.4, -0.2) is 18.3 Å². The van der Waals surface area contributed by atoms with Crippen molar-refractivity contribution >= 4 is 0 Å². The first kappa shape index (κ1) is 16.5. The minimum atomic E-state index is 0.0114. The van der Waals surface area contributed by atoms with Crippen molar-refractivity contribution in [1.29, 1.82) is 0 Å². The third-order valence-corrected chi connectivity index (χ3v) is 4.99. The van der Waals surface area contributed by atoms with Crippen LogP contribution in [0.4, 0.5) is 0 Å². The van der Waals surface area contributed by atoms with Crippen LogP contribution in [0.25, 0.3) is 0 Å². The third kappa shape index (κ3) is 5.12. The second-order valence-corrected chi connectivity index (χ2v) is 6.72. The highest BCUT2D eigenvalue weighted by atomic mass is 16.5. The van der Waals surface area contributed by atoms with Gasteiger partial charge in [0.2, 0.25) is 0 Å². The van der Waals surface area contributed by atoms with E-state index in [2.05, 4.69) is 19.1 Å². The van der Waals surface area contributed by atoms with Gasteiger partial charge in [-0.05, 0) is 37.2 Å². The number of benzene rings is 1. The molecule has 0 saturated heterocycles. The SMILES string of the molecule is CCCCC1CCC(CO)(COCc2ccccc2)CC1. The van der Waals surface area contributed by atoms with E-state index in [9.17, 15) is 5.11 Å². The molecule has 2 rings (SSSR count). The van der Waals surface area contributed by atoms with Crippen molar-refractivity contribution in [2.45, 2.75) is 58.5 Å². The number of aliphatic hydroxyl groups excluding tert-OH is 1. The summed E-state index contributed by atoms with van der Waals surface area (Å²) in [4.78, 5) is 0. The van der Waals surface area contributed by atoms with Crippen LogP contribution in [0.1, 0.15) is 57.4 Å². The van der Waals surface area contributed by atoms with Crippen molar-refractivity contribution < 1.29 is 9.84 Å². The molecule has 0 heterocycles. The fourth-order valence-corrected chi connectivity index (χ4v) is 3.38. The number of hydrogen-bond donors (Lipinski definition) is 1. The summed E-state index contributed by atoms with van der Waals surface area (Å²) in [5.74, 6) is 0.874. The summed E-state index contributed by atoms with van der Waals surface area (Å²) >= 11 is 0. The molecule has 1 saturated carbocycles. The van der Waals surface area contributed by atoms with Gasteiger partial charge in [-0.15, -0.1) is 0 Å². The lowest BCUT2D eigenvalue weighted by Gasteiger charge is -2.38. The van der Waals surface area contributed by atoms with Gasteiger partial charge in [-0.3, -0.25) is 0 Å². The van der Waals surface area contributed by atoms with E-state index in [0.717, 1.165) is 18.8 Å². The maximum absolute atomic E-state index is 9.82. The fraction of sp³-hybridized carbons (Fsp3) is 0.684. The number of hydrogen-bond acceptors (Lipinski definition) is 2. The summed E-state index contributed by atoms with van der Waals surface area (Å²) in [7, 11) is 0. The Kier molecular flexibility index (Phi) is 6.72. The summed E-state index contributed by atoms with van der Waals surface area (Å²) in [5, 5.41) is 9.82. The van der Waals surface area contributed by atoms with E-state index in [4.69, 9.17) is 4.74 Å². The molecule has 0 radical (unpaired) electrons. The molecule has 0 aliphatic heterocycles. The average molecular weight is 290 g/mol. The van der Waals surface area contributed by atoms with Crippen LogP contribution in [0.5, 0.6) is 0 Å². The second kappa shape index (κ2) is 8.55. The van der Waals surface area contributed by atoms with Crippen LogP contribution < -0.4 is 0 Å². The van der Waals surface area contributed by atoms with E-state index in [-0.39, 0.29) is 12.0 Å². The Hall–Kier alpha value is -0.860. The molecule has 1 aliphatic carbocycles. The Balaban J connectivity index is 1.75. The standard InChI is InChI=1S/C19H30O2/c1-2-3-7-17-10-12-19(15-20,13-11-17)16-21-14-18-8-5-4-6-9-18/h4-6,8-9,17,20H,2-3,7,10-16H2,1H3. The largest absolute Gasteiger partial charge is 0.396 e. The predicted molar refractivity (Wildman–Crippen MR) is 87.1 cm³/mol. The zero-order valence-corrected chi connectivity index (χ0v) is 13.4. The Morgan fingerprint density at radius 1 is 1.19 bits per heavy atom. The molecule has 118 valence electrons. The highest BCUT2D eigenvalue weighted by Crippen LogP contribution is 2.40. The van der Waals surface area contributed by atoms with Crippen LogP contribution in [-0.2, 0) is 11.3 Å². The number of rotatable bonds is 8. The highest BCUT2D eigenvalue weighted by molar-refractivity contribution is 5.13. The summed E-state index contributed by atoms with van der Waals surface area (Å²) < 4.78 is 5.91. The normalized spacial score (nSPS) is 25.9. The highest BCUT2D eigenvalue weighted by Gasteiger charge is 2.34. The monoisotopic (exact) mass is 290 g/mol. The van der Waals surface area contributed by atoms with Crippen LogP contribution in [0.15, 0.2) is 30.3 Å². The quantitative estimate of drug-likeness (QED) is 0.760. The smallest absolute Gasteiger partial charge is 0.0717 e. The first-order valence-electron chi connectivity index (χ1n) is 8.50. The van der Waals surface area contributed by atoms with Gasteiger partial charge in [-0.2, -0.15) is 0 Å². The van der Waals surface area contributed by atoms with Crippen LogP contribution in [0, 0.1) is 11.3 Å². The molecule has 1 aliphatic rings. The lowest BCUT2D eigenvalue weighted by atomic mass is 9.70. The van der Waals surface area contributed by atoms with Crippen LogP contribution in [0.3, 0.4) is 0 Å². The summed E-state index contributed by atoms with van der Waals surface area (Å²) in [6.07, 6.45) is 8.76.